The van der Waals surface area contributed by atoms with Crippen LogP contribution in [0.15, 0.2) is 54.6 Å². The lowest BCUT2D eigenvalue weighted by Gasteiger charge is -2.37. The molecule has 2 aromatic rings. The van der Waals surface area contributed by atoms with E-state index in [9.17, 15) is 9.59 Å². The highest BCUT2D eigenvalue weighted by atomic mass is 16.2. The number of carbonyl (C=O) groups excluding carboxylic acids is 2. The van der Waals surface area contributed by atoms with Gasteiger partial charge in [0.25, 0.3) is 5.91 Å². The number of benzene rings is 2. The molecule has 2 aromatic carbocycles. The Balaban J connectivity index is 1.54. The molecule has 0 radical (unpaired) electrons. The van der Waals surface area contributed by atoms with Gasteiger partial charge in [0.2, 0.25) is 5.91 Å². The van der Waals surface area contributed by atoms with Gasteiger partial charge in [-0.25, -0.2) is 0 Å². The predicted octanol–water partition coefficient (Wildman–Crippen LogP) is 2.78. The van der Waals surface area contributed by atoms with E-state index >= 15 is 0 Å². The van der Waals surface area contributed by atoms with Gasteiger partial charge in [0, 0.05) is 37.4 Å². The summed E-state index contributed by atoms with van der Waals surface area (Å²) in [5.41, 5.74) is 2.65. The molecule has 1 fully saturated rings. The molecule has 5 nitrogen and oxygen atoms in total. The molecule has 1 atom stereocenters. The zero-order valence-electron chi connectivity index (χ0n) is 15.3. The highest BCUT2D eigenvalue weighted by molar-refractivity contribution is 5.95. The molecule has 26 heavy (non-hydrogen) atoms. The van der Waals surface area contributed by atoms with E-state index in [4.69, 9.17) is 0 Å². The highest BCUT2D eigenvalue weighted by Crippen LogP contribution is 2.14. The van der Waals surface area contributed by atoms with Crippen LogP contribution in [0.5, 0.6) is 0 Å². The van der Waals surface area contributed by atoms with E-state index in [0.717, 1.165) is 11.3 Å². The van der Waals surface area contributed by atoms with Crippen molar-refractivity contribution >= 4 is 17.5 Å². The van der Waals surface area contributed by atoms with Crippen molar-refractivity contribution in [2.24, 2.45) is 0 Å². The third kappa shape index (κ3) is 4.29. The second-order valence-corrected chi connectivity index (χ2v) is 6.73. The minimum atomic E-state index is -0.232. The van der Waals surface area contributed by atoms with Gasteiger partial charge in [0.15, 0.2) is 0 Å². The number of hydrogen-bond donors (Lipinski definition) is 1. The van der Waals surface area contributed by atoms with Crippen molar-refractivity contribution in [2.45, 2.75) is 19.9 Å². The van der Waals surface area contributed by atoms with E-state index < -0.39 is 0 Å². The minimum absolute atomic E-state index is 0.0153. The third-order valence-electron chi connectivity index (χ3n) is 4.83. The van der Waals surface area contributed by atoms with E-state index in [1.807, 2.05) is 73.3 Å². The molecule has 0 aromatic heterocycles. The first-order valence-electron chi connectivity index (χ1n) is 9.00. The third-order valence-corrected chi connectivity index (χ3v) is 4.83. The summed E-state index contributed by atoms with van der Waals surface area (Å²) in [6, 6.07) is 16.9. The molecule has 0 unspecified atom stereocenters. The Labute approximate surface area is 154 Å². The molecule has 3 rings (SSSR count). The summed E-state index contributed by atoms with van der Waals surface area (Å²) >= 11 is 0. The number of hydrogen-bond acceptors (Lipinski definition) is 3. The Morgan fingerprint density at radius 3 is 2.31 bits per heavy atom. The molecule has 1 heterocycles. The van der Waals surface area contributed by atoms with Crippen molar-refractivity contribution in [1.29, 1.82) is 0 Å². The van der Waals surface area contributed by atoms with Gasteiger partial charge >= 0.3 is 0 Å². The summed E-state index contributed by atoms with van der Waals surface area (Å²) in [7, 11) is 0. The van der Waals surface area contributed by atoms with Crippen molar-refractivity contribution in [3.05, 3.63) is 65.7 Å². The molecule has 2 amide bonds. The maximum absolute atomic E-state index is 12.5. The Morgan fingerprint density at radius 1 is 0.962 bits per heavy atom. The molecule has 1 aliphatic heterocycles. The number of nitrogens with zero attached hydrogens (tertiary/aromatic N) is 2. The van der Waals surface area contributed by atoms with Crippen LogP contribution >= 0.6 is 0 Å². The smallest absolute Gasteiger partial charge is 0.253 e. The molecular weight excluding hydrogens is 326 g/mol. The highest BCUT2D eigenvalue weighted by Gasteiger charge is 2.27. The summed E-state index contributed by atoms with van der Waals surface area (Å²) in [6.45, 7) is 6.58. The number of nitrogens with one attached hydrogen (secondary N) is 1. The maximum Gasteiger partial charge on any atom is 0.253 e. The van der Waals surface area contributed by atoms with Gasteiger partial charge in [-0.3, -0.25) is 14.5 Å². The number of piperazine rings is 1. The lowest BCUT2D eigenvalue weighted by molar-refractivity contribution is -0.121. The van der Waals surface area contributed by atoms with E-state index in [-0.39, 0.29) is 17.9 Å². The molecule has 1 saturated heterocycles. The van der Waals surface area contributed by atoms with Crippen molar-refractivity contribution < 1.29 is 9.59 Å². The average Bonchev–Trinajstić information content (AvgIpc) is 2.67. The fraction of sp³-hybridized carbons (Fsp3) is 0.333. The van der Waals surface area contributed by atoms with Gasteiger partial charge in [-0.2, -0.15) is 0 Å². The van der Waals surface area contributed by atoms with Crippen LogP contribution in [0.3, 0.4) is 0 Å². The first-order chi connectivity index (χ1) is 12.5. The molecule has 0 saturated carbocycles. The normalized spacial score (nSPS) is 16.2. The Bertz CT molecular complexity index is 768. The zero-order valence-corrected chi connectivity index (χ0v) is 15.3. The van der Waals surface area contributed by atoms with Crippen LogP contribution < -0.4 is 5.32 Å². The Morgan fingerprint density at radius 2 is 1.65 bits per heavy atom. The lowest BCUT2D eigenvalue weighted by atomic mass is 10.1. The summed E-state index contributed by atoms with van der Waals surface area (Å²) in [4.78, 5) is 29.0. The first-order valence-corrected chi connectivity index (χ1v) is 9.00. The van der Waals surface area contributed by atoms with E-state index in [2.05, 4.69) is 10.2 Å². The molecular formula is C21H25N3O2. The first kappa shape index (κ1) is 18.1. The number of amides is 2. The van der Waals surface area contributed by atoms with Gasteiger partial charge in [0.1, 0.15) is 0 Å². The maximum atomic E-state index is 12.5. The molecule has 0 bridgehead atoms. The standard InChI is InChI=1S/C21H25N3O2/c1-16-7-6-10-19(15-16)22-20(25)17(2)23-11-13-24(14-12-23)21(26)18-8-4-3-5-9-18/h3-10,15,17H,11-14H2,1-2H3,(H,22,25)/t17-/m0/s1. The monoisotopic (exact) mass is 351 g/mol. The van der Waals surface area contributed by atoms with E-state index in [0.29, 0.717) is 31.7 Å². The van der Waals surface area contributed by atoms with Gasteiger partial charge in [-0.1, -0.05) is 30.3 Å². The average molecular weight is 351 g/mol. The predicted molar refractivity (Wildman–Crippen MR) is 103 cm³/mol. The molecule has 0 spiro atoms. The largest absolute Gasteiger partial charge is 0.336 e. The molecule has 136 valence electrons. The SMILES string of the molecule is Cc1cccc(NC(=O)[C@H](C)N2CCN(C(=O)c3ccccc3)CC2)c1. The zero-order chi connectivity index (χ0) is 18.5. The molecule has 0 aliphatic carbocycles. The van der Waals surface area contributed by atoms with Crippen LogP contribution in [0, 0.1) is 6.92 Å². The Hall–Kier alpha value is -2.66. The number of anilines is 1. The van der Waals surface area contributed by atoms with Gasteiger partial charge in [-0.05, 0) is 43.7 Å². The van der Waals surface area contributed by atoms with E-state index in [1.165, 1.54) is 0 Å². The fourth-order valence-electron chi connectivity index (χ4n) is 3.21. The molecule has 1 N–H and O–H groups in total. The second kappa shape index (κ2) is 8.15. The van der Waals surface area contributed by atoms with Crippen molar-refractivity contribution in [3.63, 3.8) is 0 Å². The quantitative estimate of drug-likeness (QED) is 0.922. The van der Waals surface area contributed by atoms with Crippen molar-refractivity contribution in [2.75, 3.05) is 31.5 Å². The van der Waals surface area contributed by atoms with Crippen LogP contribution in [0.25, 0.3) is 0 Å². The number of carbonyl (C=O) groups is 2. The summed E-state index contributed by atoms with van der Waals surface area (Å²) in [5.74, 6) is 0.0422. The van der Waals surface area contributed by atoms with Crippen molar-refractivity contribution in [3.8, 4) is 0 Å². The lowest BCUT2D eigenvalue weighted by Crippen LogP contribution is -2.54. The van der Waals surface area contributed by atoms with Crippen LogP contribution in [0.2, 0.25) is 0 Å². The van der Waals surface area contributed by atoms with Gasteiger partial charge in [-0.15, -0.1) is 0 Å². The van der Waals surface area contributed by atoms with Crippen molar-refractivity contribution in [1.82, 2.24) is 9.80 Å². The van der Waals surface area contributed by atoms with Crippen LogP contribution in [-0.2, 0) is 4.79 Å². The van der Waals surface area contributed by atoms with Gasteiger partial charge in [0.05, 0.1) is 6.04 Å². The Kier molecular flexibility index (Phi) is 5.68. The minimum Gasteiger partial charge on any atom is -0.336 e. The van der Waals surface area contributed by atoms with Crippen LogP contribution in [0.4, 0.5) is 5.69 Å². The summed E-state index contributed by atoms with van der Waals surface area (Å²) < 4.78 is 0. The van der Waals surface area contributed by atoms with Crippen LogP contribution in [-0.4, -0.2) is 53.8 Å². The summed E-state index contributed by atoms with van der Waals surface area (Å²) in [5, 5.41) is 2.98. The number of rotatable bonds is 4. The fourth-order valence-corrected chi connectivity index (χ4v) is 3.21. The molecule has 1 aliphatic rings. The topological polar surface area (TPSA) is 52.7 Å². The second-order valence-electron chi connectivity index (χ2n) is 6.73. The summed E-state index contributed by atoms with van der Waals surface area (Å²) in [6.07, 6.45) is 0. The van der Waals surface area contributed by atoms with Crippen LogP contribution in [0.1, 0.15) is 22.8 Å². The number of aryl methyl sites for hydroxylation is 1. The molecule has 5 heteroatoms. The van der Waals surface area contributed by atoms with Gasteiger partial charge < -0.3 is 10.2 Å². The van der Waals surface area contributed by atoms with E-state index in [1.54, 1.807) is 0 Å².